The first-order valence-corrected chi connectivity index (χ1v) is 4.81. The van der Waals surface area contributed by atoms with Gasteiger partial charge in [-0.15, -0.1) is 0 Å². The average Bonchev–Trinajstić information content (AvgIpc) is 2.19. The quantitative estimate of drug-likeness (QED) is 0.695. The lowest BCUT2D eigenvalue weighted by atomic mass is 10.00. The van der Waals surface area contributed by atoms with Gasteiger partial charge in [0.15, 0.2) is 0 Å². The first-order chi connectivity index (χ1) is 6.60. The zero-order valence-corrected chi connectivity index (χ0v) is 9.10. The molecule has 14 heavy (non-hydrogen) atoms. The van der Waals surface area contributed by atoms with Crippen molar-refractivity contribution in [3.05, 3.63) is 23.3 Å². The Morgan fingerprint density at radius 3 is 2.71 bits per heavy atom. The maximum Gasteiger partial charge on any atom is 0.216 e. The predicted molar refractivity (Wildman–Crippen MR) is 54.2 cm³/mol. The van der Waals surface area contributed by atoms with Gasteiger partial charge >= 0.3 is 0 Å². The Labute approximate surface area is 84.1 Å². The minimum Gasteiger partial charge on any atom is -0.496 e. The molecule has 0 spiro atoms. The SMILES string of the molecule is CCC(C)c1nc(F)cc(OC)c1C. The number of aromatic nitrogens is 1. The van der Waals surface area contributed by atoms with Crippen molar-refractivity contribution >= 4 is 0 Å². The van der Waals surface area contributed by atoms with Gasteiger partial charge in [0, 0.05) is 11.6 Å². The van der Waals surface area contributed by atoms with E-state index in [0.717, 1.165) is 17.7 Å². The molecule has 1 unspecified atom stereocenters. The molecule has 0 bridgehead atoms. The van der Waals surface area contributed by atoms with Crippen molar-refractivity contribution in [2.24, 2.45) is 0 Å². The molecule has 1 rings (SSSR count). The van der Waals surface area contributed by atoms with E-state index in [1.807, 2.05) is 13.8 Å². The summed E-state index contributed by atoms with van der Waals surface area (Å²) in [4.78, 5) is 3.91. The van der Waals surface area contributed by atoms with Crippen LogP contribution in [0.15, 0.2) is 6.07 Å². The van der Waals surface area contributed by atoms with E-state index in [2.05, 4.69) is 11.9 Å². The lowest BCUT2D eigenvalue weighted by Crippen LogP contribution is -2.03. The van der Waals surface area contributed by atoms with E-state index >= 15 is 0 Å². The normalized spacial score (nSPS) is 12.6. The van der Waals surface area contributed by atoms with Gasteiger partial charge < -0.3 is 4.74 Å². The number of hydrogen-bond acceptors (Lipinski definition) is 2. The Kier molecular flexibility index (Phi) is 3.44. The first kappa shape index (κ1) is 11.0. The molecule has 1 aromatic rings. The van der Waals surface area contributed by atoms with Crippen molar-refractivity contribution in [2.45, 2.75) is 33.1 Å². The third-order valence-corrected chi connectivity index (χ3v) is 2.53. The minimum absolute atomic E-state index is 0.264. The van der Waals surface area contributed by atoms with Gasteiger partial charge in [0.1, 0.15) is 5.75 Å². The number of halogens is 1. The minimum atomic E-state index is -0.470. The molecule has 0 radical (unpaired) electrons. The molecule has 0 aliphatic rings. The molecule has 1 heterocycles. The van der Waals surface area contributed by atoms with Crippen LogP contribution < -0.4 is 4.74 Å². The van der Waals surface area contributed by atoms with E-state index < -0.39 is 5.95 Å². The lowest BCUT2D eigenvalue weighted by Gasteiger charge is -2.14. The van der Waals surface area contributed by atoms with Gasteiger partial charge in [-0.1, -0.05) is 13.8 Å². The van der Waals surface area contributed by atoms with Crippen molar-refractivity contribution in [3.63, 3.8) is 0 Å². The van der Waals surface area contributed by atoms with Crippen molar-refractivity contribution < 1.29 is 9.13 Å². The van der Waals surface area contributed by atoms with Gasteiger partial charge in [0.2, 0.25) is 5.95 Å². The second-order valence-electron chi connectivity index (χ2n) is 3.47. The monoisotopic (exact) mass is 197 g/mol. The zero-order valence-electron chi connectivity index (χ0n) is 9.10. The third kappa shape index (κ3) is 2.03. The van der Waals surface area contributed by atoms with E-state index in [0.29, 0.717) is 5.75 Å². The smallest absolute Gasteiger partial charge is 0.216 e. The summed E-state index contributed by atoms with van der Waals surface area (Å²) in [5.41, 5.74) is 1.73. The number of nitrogens with zero attached hydrogens (tertiary/aromatic N) is 1. The highest BCUT2D eigenvalue weighted by molar-refractivity contribution is 5.36. The fourth-order valence-corrected chi connectivity index (χ4v) is 1.46. The van der Waals surface area contributed by atoms with E-state index in [9.17, 15) is 4.39 Å². The van der Waals surface area contributed by atoms with Crippen LogP contribution in [0.4, 0.5) is 4.39 Å². The van der Waals surface area contributed by atoms with Crippen molar-refractivity contribution in [1.29, 1.82) is 0 Å². The summed E-state index contributed by atoms with van der Waals surface area (Å²) in [7, 11) is 1.54. The van der Waals surface area contributed by atoms with Crippen LogP contribution in [0.25, 0.3) is 0 Å². The Morgan fingerprint density at radius 2 is 2.21 bits per heavy atom. The second kappa shape index (κ2) is 4.40. The molecule has 0 amide bonds. The fourth-order valence-electron chi connectivity index (χ4n) is 1.46. The fraction of sp³-hybridized carbons (Fsp3) is 0.545. The molecule has 1 atom stereocenters. The Balaban J connectivity index is 3.21. The maximum atomic E-state index is 13.1. The molecule has 0 aromatic carbocycles. The van der Waals surface area contributed by atoms with Crippen LogP contribution >= 0.6 is 0 Å². The lowest BCUT2D eigenvalue weighted by molar-refractivity contribution is 0.403. The Hall–Kier alpha value is -1.12. The molecule has 3 heteroatoms. The van der Waals surface area contributed by atoms with Crippen LogP contribution in [0.5, 0.6) is 5.75 Å². The van der Waals surface area contributed by atoms with E-state index in [-0.39, 0.29) is 5.92 Å². The topological polar surface area (TPSA) is 22.1 Å². The number of rotatable bonds is 3. The van der Waals surface area contributed by atoms with E-state index in [4.69, 9.17) is 4.74 Å². The van der Waals surface area contributed by atoms with Crippen LogP contribution in [0.3, 0.4) is 0 Å². The second-order valence-corrected chi connectivity index (χ2v) is 3.47. The zero-order chi connectivity index (χ0) is 10.7. The Morgan fingerprint density at radius 1 is 1.57 bits per heavy atom. The summed E-state index contributed by atoms with van der Waals surface area (Å²) in [6.45, 7) is 6.00. The van der Waals surface area contributed by atoms with Crippen LogP contribution in [0, 0.1) is 12.9 Å². The van der Waals surface area contributed by atoms with Crippen LogP contribution in [0.1, 0.15) is 37.4 Å². The number of hydrogen-bond donors (Lipinski definition) is 0. The summed E-state index contributed by atoms with van der Waals surface area (Å²) in [5, 5.41) is 0. The van der Waals surface area contributed by atoms with Crippen molar-refractivity contribution in [2.75, 3.05) is 7.11 Å². The molecule has 0 saturated heterocycles. The molecule has 78 valence electrons. The van der Waals surface area contributed by atoms with Crippen LogP contribution in [-0.4, -0.2) is 12.1 Å². The number of methoxy groups -OCH3 is 1. The van der Waals surface area contributed by atoms with E-state index in [1.54, 1.807) is 7.11 Å². The molecule has 0 saturated carbocycles. The number of pyridine rings is 1. The molecular weight excluding hydrogens is 181 g/mol. The van der Waals surface area contributed by atoms with Gasteiger partial charge in [-0.25, -0.2) is 4.98 Å². The molecule has 0 fully saturated rings. The van der Waals surface area contributed by atoms with Crippen LogP contribution in [-0.2, 0) is 0 Å². The summed E-state index contributed by atoms with van der Waals surface area (Å²) < 4.78 is 18.2. The molecule has 2 nitrogen and oxygen atoms in total. The summed E-state index contributed by atoms with van der Waals surface area (Å²) in [6.07, 6.45) is 0.945. The van der Waals surface area contributed by atoms with Gasteiger partial charge in [0.05, 0.1) is 12.8 Å². The third-order valence-electron chi connectivity index (χ3n) is 2.53. The molecular formula is C11H16FNO. The molecule has 1 aromatic heterocycles. The van der Waals surface area contributed by atoms with Gasteiger partial charge in [0.25, 0.3) is 0 Å². The highest BCUT2D eigenvalue weighted by atomic mass is 19.1. The Bertz CT molecular complexity index is 325. The predicted octanol–water partition coefficient (Wildman–Crippen LogP) is 3.05. The largest absolute Gasteiger partial charge is 0.496 e. The molecule has 0 aliphatic heterocycles. The molecule has 0 aliphatic carbocycles. The highest BCUT2D eigenvalue weighted by Gasteiger charge is 2.13. The van der Waals surface area contributed by atoms with E-state index in [1.165, 1.54) is 6.07 Å². The van der Waals surface area contributed by atoms with Gasteiger partial charge in [-0.2, -0.15) is 4.39 Å². The summed E-state index contributed by atoms with van der Waals surface area (Å²) in [6, 6.07) is 1.32. The highest BCUT2D eigenvalue weighted by Crippen LogP contribution is 2.27. The van der Waals surface area contributed by atoms with Crippen molar-refractivity contribution in [1.82, 2.24) is 4.98 Å². The van der Waals surface area contributed by atoms with Gasteiger partial charge in [-0.3, -0.25) is 0 Å². The summed E-state index contributed by atoms with van der Waals surface area (Å²) >= 11 is 0. The average molecular weight is 197 g/mol. The summed E-state index contributed by atoms with van der Waals surface area (Å²) in [5.74, 6) is 0.371. The standard InChI is InChI=1S/C11H16FNO/c1-5-7(2)11-8(3)9(14-4)6-10(12)13-11/h6-7H,5H2,1-4H3. The van der Waals surface area contributed by atoms with Gasteiger partial charge in [-0.05, 0) is 19.3 Å². The number of ether oxygens (including phenoxy) is 1. The maximum absolute atomic E-state index is 13.1. The first-order valence-electron chi connectivity index (χ1n) is 4.81. The van der Waals surface area contributed by atoms with Crippen molar-refractivity contribution in [3.8, 4) is 5.75 Å². The molecule has 0 N–H and O–H groups in total. The van der Waals surface area contributed by atoms with Crippen LogP contribution in [0.2, 0.25) is 0 Å².